The summed E-state index contributed by atoms with van der Waals surface area (Å²) >= 11 is 0. The monoisotopic (exact) mass is 198 g/mol. The van der Waals surface area contributed by atoms with Crippen molar-refractivity contribution < 1.29 is 13.9 Å². The minimum absolute atomic E-state index is 0.257. The molecule has 0 aromatic carbocycles. The summed E-state index contributed by atoms with van der Waals surface area (Å²) in [5, 5.41) is 4.73. The van der Waals surface area contributed by atoms with Gasteiger partial charge in [-0.15, -0.1) is 0 Å². The molecule has 0 rings (SSSR count). The van der Waals surface area contributed by atoms with Crippen LogP contribution in [0.1, 0.15) is 33.6 Å². The Labute approximate surface area is 75.0 Å². The van der Waals surface area contributed by atoms with Crippen molar-refractivity contribution >= 4 is 16.9 Å². The summed E-state index contributed by atoms with van der Waals surface area (Å²) in [7, 11) is -3.35. The standard InChI is InChI=1S/C4H12N2O3S.C2H6/c1-2-3-4(7)6-10(5,8)9;1-2/h8-9H,2-3,5H2,1H3,(H,6,7);1-2H3. The zero-order chi connectivity index (χ0) is 10.2. The molecule has 0 atom stereocenters. The van der Waals surface area contributed by atoms with Crippen molar-refractivity contribution in [2.75, 3.05) is 0 Å². The molecule has 0 aromatic rings. The molecule has 0 bridgehead atoms. The Hall–Kier alpha value is -0.300. The molecular weight excluding hydrogens is 180 g/mol. The summed E-state index contributed by atoms with van der Waals surface area (Å²) in [5.74, 6) is -0.440. The van der Waals surface area contributed by atoms with Crippen molar-refractivity contribution in [3.8, 4) is 0 Å². The first kappa shape index (κ1) is 14.2. The van der Waals surface area contributed by atoms with Crippen LogP contribution in [-0.2, 0) is 4.79 Å². The van der Waals surface area contributed by atoms with E-state index in [0.717, 1.165) is 0 Å². The molecule has 0 aliphatic rings. The molecule has 0 aromatic heterocycles. The minimum Gasteiger partial charge on any atom is -0.273 e. The van der Waals surface area contributed by atoms with Gasteiger partial charge in [-0.1, -0.05) is 31.7 Å². The van der Waals surface area contributed by atoms with E-state index < -0.39 is 16.9 Å². The van der Waals surface area contributed by atoms with Crippen LogP contribution in [0.5, 0.6) is 0 Å². The fourth-order valence-electron chi connectivity index (χ4n) is 0.446. The van der Waals surface area contributed by atoms with Gasteiger partial charge in [0.1, 0.15) is 0 Å². The van der Waals surface area contributed by atoms with Crippen LogP contribution < -0.4 is 9.86 Å². The van der Waals surface area contributed by atoms with E-state index >= 15 is 0 Å². The van der Waals surface area contributed by atoms with E-state index in [4.69, 9.17) is 14.2 Å². The normalized spacial score (nSPS) is 11.2. The van der Waals surface area contributed by atoms with Crippen LogP contribution in [-0.4, -0.2) is 15.0 Å². The van der Waals surface area contributed by atoms with Crippen molar-refractivity contribution in [2.24, 2.45) is 5.14 Å². The summed E-state index contributed by atoms with van der Waals surface area (Å²) in [5.41, 5.74) is 0. The van der Waals surface area contributed by atoms with Crippen molar-refractivity contribution in [2.45, 2.75) is 33.6 Å². The predicted octanol–water partition coefficient (Wildman–Crippen LogP) is 1.47. The molecule has 0 fully saturated rings. The van der Waals surface area contributed by atoms with Crippen LogP contribution >= 0.6 is 11.0 Å². The lowest BCUT2D eigenvalue weighted by atomic mass is 10.3. The van der Waals surface area contributed by atoms with Gasteiger partial charge in [0.15, 0.2) is 0 Å². The Kier molecular flexibility index (Phi) is 8.73. The minimum atomic E-state index is -3.35. The second-order valence-corrected chi connectivity index (χ2v) is 3.26. The lowest BCUT2D eigenvalue weighted by molar-refractivity contribution is -0.119. The zero-order valence-electron chi connectivity index (χ0n) is 7.70. The number of carbonyl (C=O) groups excluding carboxylic acids is 1. The summed E-state index contributed by atoms with van der Waals surface area (Å²) < 4.78 is 18.9. The van der Waals surface area contributed by atoms with Gasteiger partial charge in [0.05, 0.1) is 0 Å². The summed E-state index contributed by atoms with van der Waals surface area (Å²) in [6.45, 7) is 5.81. The van der Waals surface area contributed by atoms with Crippen molar-refractivity contribution in [1.82, 2.24) is 4.72 Å². The van der Waals surface area contributed by atoms with Crippen LogP contribution in [0.15, 0.2) is 0 Å². The van der Waals surface area contributed by atoms with Crippen LogP contribution in [0.25, 0.3) is 0 Å². The van der Waals surface area contributed by atoms with Gasteiger partial charge < -0.3 is 0 Å². The van der Waals surface area contributed by atoms with Gasteiger partial charge in [-0.05, 0) is 6.42 Å². The molecule has 5 N–H and O–H groups in total. The molecule has 6 heteroatoms. The fraction of sp³-hybridized carbons (Fsp3) is 0.833. The first-order chi connectivity index (χ1) is 5.45. The Morgan fingerprint density at radius 3 is 2.17 bits per heavy atom. The zero-order valence-corrected chi connectivity index (χ0v) is 8.52. The van der Waals surface area contributed by atoms with Crippen LogP contribution in [0, 0.1) is 0 Å². The maximum absolute atomic E-state index is 10.6. The molecule has 0 heterocycles. The predicted molar refractivity (Wildman–Crippen MR) is 51.4 cm³/mol. The highest BCUT2D eigenvalue weighted by molar-refractivity contribution is 8.21. The van der Waals surface area contributed by atoms with E-state index in [1.165, 1.54) is 0 Å². The van der Waals surface area contributed by atoms with Gasteiger partial charge in [-0.25, -0.2) is 9.86 Å². The molecule has 1 amide bonds. The molecule has 5 nitrogen and oxygen atoms in total. The highest BCUT2D eigenvalue weighted by Crippen LogP contribution is 2.20. The molecule has 0 unspecified atom stereocenters. The van der Waals surface area contributed by atoms with Crippen molar-refractivity contribution in [1.29, 1.82) is 0 Å². The molecule has 0 saturated heterocycles. The number of hydrogen-bond acceptors (Lipinski definition) is 4. The highest BCUT2D eigenvalue weighted by Gasteiger charge is 2.07. The van der Waals surface area contributed by atoms with Gasteiger partial charge in [0, 0.05) is 6.42 Å². The number of nitrogens with two attached hydrogens (primary N) is 1. The first-order valence-electron chi connectivity index (χ1n) is 3.82. The summed E-state index contributed by atoms with van der Waals surface area (Å²) in [4.78, 5) is 10.6. The molecule has 0 aliphatic carbocycles. The quantitative estimate of drug-likeness (QED) is 0.552. The van der Waals surface area contributed by atoms with E-state index in [2.05, 4.69) is 0 Å². The third-order valence-electron chi connectivity index (χ3n) is 0.741. The maximum atomic E-state index is 10.6. The van der Waals surface area contributed by atoms with Crippen LogP contribution in [0.2, 0.25) is 0 Å². The Balaban J connectivity index is 0. The Morgan fingerprint density at radius 2 is 1.92 bits per heavy atom. The highest BCUT2D eigenvalue weighted by atomic mass is 32.3. The lowest BCUT2D eigenvalue weighted by Gasteiger charge is -2.26. The van der Waals surface area contributed by atoms with Crippen molar-refractivity contribution in [3.05, 3.63) is 0 Å². The SMILES string of the molecule is CC.CCCC(=O)NS(N)(O)O. The largest absolute Gasteiger partial charge is 0.273 e. The third-order valence-corrected chi connectivity index (χ3v) is 1.27. The van der Waals surface area contributed by atoms with E-state index in [9.17, 15) is 4.79 Å². The van der Waals surface area contributed by atoms with Gasteiger partial charge in [0.25, 0.3) is 0 Å². The maximum Gasteiger partial charge on any atom is 0.239 e. The molecular formula is C6H18N2O3S. The second kappa shape index (κ2) is 7.35. The molecule has 0 saturated carbocycles. The van der Waals surface area contributed by atoms with E-state index in [1.807, 2.05) is 25.5 Å². The first-order valence-corrected chi connectivity index (χ1v) is 5.43. The number of amides is 1. The molecule has 0 radical (unpaired) electrons. The number of rotatable bonds is 3. The average molecular weight is 198 g/mol. The van der Waals surface area contributed by atoms with Crippen LogP contribution in [0.4, 0.5) is 0 Å². The summed E-state index contributed by atoms with van der Waals surface area (Å²) in [6.07, 6.45) is 0.911. The van der Waals surface area contributed by atoms with E-state index in [1.54, 1.807) is 0 Å². The third kappa shape index (κ3) is 12.4. The van der Waals surface area contributed by atoms with Crippen LogP contribution in [0.3, 0.4) is 0 Å². The fourth-order valence-corrected chi connectivity index (χ4v) is 0.883. The number of carbonyl (C=O) groups is 1. The lowest BCUT2D eigenvalue weighted by Crippen LogP contribution is -2.31. The topological polar surface area (TPSA) is 95.6 Å². The molecule has 0 aliphatic heterocycles. The molecule has 12 heavy (non-hydrogen) atoms. The molecule has 76 valence electrons. The van der Waals surface area contributed by atoms with Crippen molar-refractivity contribution in [3.63, 3.8) is 0 Å². The number of nitrogens with one attached hydrogen (secondary N) is 1. The van der Waals surface area contributed by atoms with Gasteiger partial charge in [-0.3, -0.25) is 13.9 Å². The van der Waals surface area contributed by atoms with Gasteiger partial charge in [0.2, 0.25) is 5.91 Å². The summed E-state index contributed by atoms with van der Waals surface area (Å²) in [6, 6.07) is 0. The second-order valence-electron chi connectivity index (χ2n) is 1.87. The van der Waals surface area contributed by atoms with E-state index in [-0.39, 0.29) is 6.42 Å². The average Bonchev–Trinajstić information content (AvgIpc) is 1.88. The van der Waals surface area contributed by atoms with E-state index in [0.29, 0.717) is 6.42 Å². The van der Waals surface area contributed by atoms with Gasteiger partial charge in [-0.2, -0.15) is 0 Å². The molecule has 0 spiro atoms. The number of hydrogen-bond donors (Lipinski definition) is 4. The Morgan fingerprint density at radius 1 is 1.50 bits per heavy atom. The van der Waals surface area contributed by atoms with Gasteiger partial charge >= 0.3 is 0 Å². The Bertz CT molecular complexity index is 124. The smallest absolute Gasteiger partial charge is 0.239 e.